The number of likely N-dealkylation sites (tertiary alicyclic amines) is 1. The predicted molar refractivity (Wildman–Crippen MR) is 130 cm³/mol. The molecule has 5 nitrogen and oxygen atoms in total. The van der Waals surface area contributed by atoms with E-state index in [1.807, 2.05) is 18.2 Å². The van der Waals surface area contributed by atoms with E-state index in [0.29, 0.717) is 11.7 Å². The number of amides is 2. The topological polar surface area (TPSA) is 47.9 Å². The molecule has 1 aliphatic carbocycles. The average Bonchev–Trinajstić information content (AvgIpc) is 3.06. The van der Waals surface area contributed by atoms with E-state index in [1.54, 1.807) is 17.0 Å². The van der Waals surface area contributed by atoms with Gasteiger partial charge in [-0.3, -0.25) is 9.80 Å². The largest absolute Gasteiger partial charge is 0.369 e. The zero-order valence-electron chi connectivity index (χ0n) is 18.8. The number of nitrogens with one attached hydrogen (secondary N) is 1. The molecule has 3 aliphatic rings. The number of anilines is 1. The summed E-state index contributed by atoms with van der Waals surface area (Å²) in [5.41, 5.74) is 1.19. The third-order valence-electron chi connectivity index (χ3n) is 7.26. The minimum absolute atomic E-state index is 0.304. The van der Waals surface area contributed by atoms with Gasteiger partial charge in [0.25, 0.3) is 0 Å². The van der Waals surface area contributed by atoms with E-state index in [-0.39, 0.29) is 11.8 Å². The van der Waals surface area contributed by atoms with Crippen molar-refractivity contribution >= 4 is 29.2 Å². The van der Waals surface area contributed by atoms with Gasteiger partial charge in [-0.1, -0.05) is 49.1 Å². The van der Waals surface area contributed by atoms with Crippen LogP contribution in [0.2, 0.25) is 5.02 Å². The van der Waals surface area contributed by atoms with Crippen LogP contribution in [0.25, 0.3) is 0 Å². The van der Waals surface area contributed by atoms with Crippen molar-refractivity contribution in [1.29, 1.82) is 0 Å². The molecule has 0 atom stereocenters. The summed E-state index contributed by atoms with van der Waals surface area (Å²) in [6.07, 6.45) is 7.36. The molecule has 1 spiro atoms. The summed E-state index contributed by atoms with van der Waals surface area (Å²) in [4.78, 5) is 21.8. The molecule has 0 unspecified atom stereocenters. The van der Waals surface area contributed by atoms with Crippen molar-refractivity contribution in [3.63, 3.8) is 0 Å². The van der Waals surface area contributed by atoms with Crippen molar-refractivity contribution in [2.24, 2.45) is 4.99 Å². The normalized spacial score (nSPS) is 21.5. The Kier molecular flexibility index (Phi) is 6.39. The number of rotatable bonds is 4. The zero-order valence-corrected chi connectivity index (χ0v) is 19.5. The number of nitrogens with zero attached hydrogens (tertiary/aromatic N) is 3. The summed E-state index contributed by atoms with van der Waals surface area (Å²) in [6.45, 7) is 2.45. The van der Waals surface area contributed by atoms with Crippen molar-refractivity contribution < 1.29 is 9.18 Å². The van der Waals surface area contributed by atoms with Crippen molar-refractivity contribution in [3.8, 4) is 0 Å². The number of benzene rings is 2. The summed E-state index contributed by atoms with van der Waals surface area (Å²) in [5, 5.41) is 4.39. The van der Waals surface area contributed by atoms with Gasteiger partial charge in [0.05, 0.1) is 0 Å². The molecule has 2 aromatic carbocycles. The maximum absolute atomic E-state index is 14.1. The van der Waals surface area contributed by atoms with Crippen LogP contribution >= 0.6 is 11.6 Å². The lowest BCUT2D eigenvalue weighted by atomic mass is 9.83. The first-order valence-corrected chi connectivity index (χ1v) is 12.3. The highest BCUT2D eigenvalue weighted by Crippen LogP contribution is 2.39. The SMILES string of the molecule is O=C1N=C(NC2CCCCC2)C2(CCN(Cc3cccc(Cl)c3)CC2)N1c1cccc(F)c1. The number of hydrogen-bond donors (Lipinski definition) is 1. The van der Waals surface area contributed by atoms with Gasteiger partial charge in [0.1, 0.15) is 17.2 Å². The Balaban J connectivity index is 1.39. The minimum atomic E-state index is -0.562. The first kappa shape index (κ1) is 22.4. The monoisotopic (exact) mass is 468 g/mol. The van der Waals surface area contributed by atoms with Gasteiger partial charge in [0, 0.05) is 36.4 Å². The summed E-state index contributed by atoms with van der Waals surface area (Å²) in [6, 6.07) is 14.3. The molecule has 1 N–H and O–H groups in total. The summed E-state index contributed by atoms with van der Waals surface area (Å²) in [7, 11) is 0. The molecule has 0 aromatic heterocycles. The fraction of sp³-hybridized carbons (Fsp3) is 0.462. The van der Waals surface area contributed by atoms with Gasteiger partial charge in [-0.05, 0) is 61.6 Å². The maximum Gasteiger partial charge on any atom is 0.350 e. The Morgan fingerprint density at radius 2 is 1.82 bits per heavy atom. The Hall–Kier alpha value is -2.44. The highest BCUT2D eigenvalue weighted by Gasteiger charge is 2.52. The van der Waals surface area contributed by atoms with Crippen LogP contribution in [0.15, 0.2) is 53.5 Å². The van der Waals surface area contributed by atoms with Gasteiger partial charge >= 0.3 is 6.03 Å². The molecule has 2 heterocycles. The summed E-state index contributed by atoms with van der Waals surface area (Å²) < 4.78 is 14.1. The average molecular weight is 469 g/mol. The Morgan fingerprint density at radius 1 is 1.06 bits per heavy atom. The third-order valence-corrected chi connectivity index (χ3v) is 7.49. The van der Waals surface area contributed by atoms with Crippen LogP contribution < -0.4 is 10.2 Å². The van der Waals surface area contributed by atoms with Crippen molar-refractivity contribution in [1.82, 2.24) is 10.2 Å². The molecule has 2 aromatic rings. The molecule has 2 amide bonds. The molecule has 2 fully saturated rings. The molecule has 0 bridgehead atoms. The second-order valence-electron chi connectivity index (χ2n) is 9.48. The number of amidine groups is 1. The molecule has 1 saturated carbocycles. The molecule has 33 heavy (non-hydrogen) atoms. The molecule has 5 rings (SSSR count). The fourth-order valence-corrected chi connectivity index (χ4v) is 5.77. The molecule has 174 valence electrons. The number of aliphatic imine (C=N–C) groups is 1. The van der Waals surface area contributed by atoms with E-state index in [1.165, 1.54) is 37.0 Å². The summed E-state index contributed by atoms with van der Waals surface area (Å²) in [5.74, 6) is 0.425. The van der Waals surface area contributed by atoms with Gasteiger partial charge in [-0.25, -0.2) is 9.18 Å². The van der Waals surface area contributed by atoms with Crippen LogP contribution in [0.1, 0.15) is 50.5 Å². The first-order chi connectivity index (χ1) is 16.0. The predicted octanol–water partition coefficient (Wildman–Crippen LogP) is 5.77. The fourth-order valence-electron chi connectivity index (χ4n) is 5.55. The van der Waals surface area contributed by atoms with Crippen molar-refractivity contribution in [3.05, 3.63) is 64.9 Å². The quantitative estimate of drug-likeness (QED) is 0.619. The molecule has 1 saturated heterocycles. The number of urea groups is 1. The van der Waals surface area contributed by atoms with E-state index >= 15 is 0 Å². The Labute approximate surface area is 199 Å². The van der Waals surface area contributed by atoms with Gasteiger partial charge in [0.2, 0.25) is 0 Å². The lowest BCUT2D eigenvalue weighted by Crippen LogP contribution is -2.62. The molecule has 2 aliphatic heterocycles. The first-order valence-electron chi connectivity index (χ1n) is 12.0. The molecule has 0 radical (unpaired) electrons. The second-order valence-corrected chi connectivity index (χ2v) is 9.91. The van der Waals surface area contributed by atoms with Gasteiger partial charge in [-0.15, -0.1) is 0 Å². The lowest BCUT2D eigenvalue weighted by Gasteiger charge is -2.45. The Bertz CT molecular complexity index is 1040. The minimum Gasteiger partial charge on any atom is -0.369 e. The number of hydrogen-bond acceptors (Lipinski definition) is 3. The van der Waals surface area contributed by atoms with Gasteiger partial charge in [-0.2, -0.15) is 4.99 Å². The highest BCUT2D eigenvalue weighted by atomic mass is 35.5. The number of halogens is 2. The Morgan fingerprint density at radius 3 is 2.55 bits per heavy atom. The van der Waals surface area contributed by atoms with Crippen LogP contribution in [-0.2, 0) is 6.54 Å². The van der Waals surface area contributed by atoms with E-state index in [9.17, 15) is 9.18 Å². The second kappa shape index (κ2) is 9.43. The standard InChI is InChI=1S/C26H30ClFN4O/c27-20-7-4-6-19(16-20)18-31-14-12-26(13-15-31)24(29-22-9-2-1-3-10-22)30-25(33)32(26)23-11-5-8-21(28)17-23/h4-8,11,16-17,22H,1-3,9-10,12-15,18H2,(H,29,30,33). The van der Waals surface area contributed by atoms with Crippen LogP contribution in [0.5, 0.6) is 0 Å². The highest BCUT2D eigenvalue weighted by molar-refractivity contribution is 6.30. The molecule has 7 heteroatoms. The maximum atomic E-state index is 14.1. The smallest absolute Gasteiger partial charge is 0.350 e. The van der Waals surface area contributed by atoms with Crippen LogP contribution in [0.3, 0.4) is 0 Å². The number of carbonyl (C=O) groups excluding carboxylic acids is 1. The van der Waals surface area contributed by atoms with E-state index in [4.69, 9.17) is 11.6 Å². The number of carbonyl (C=O) groups is 1. The molecular formula is C26H30ClFN4O. The van der Waals surface area contributed by atoms with Gasteiger partial charge in [0.15, 0.2) is 0 Å². The van der Waals surface area contributed by atoms with Crippen molar-refractivity contribution in [2.45, 2.75) is 63.1 Å². The number of piperidine rings is 1. The van der Waals surface area contributed by atoms with Crippen LogP contribution in [-0.4, -0.2) is 41.4 Å². The van der Waals surface area contributed by atoms with E-state index in [0.717, 1.165) is 56.2 Å². The van der Waals surface area contributed by atoms with E-state index < -0.39 is 5.54 Å². The van der Waals surface area contributed by atoms with Crippen molar-refractivity contribution in [2.75, 3.05) is 18.0 Å². The van der Waals surface area contributed by atoms with Crippen LogP contribution in [0.4, 0.5) is 14.9 Å². The van der Waals surface area contributed by atoms with Gasteiger partial charge < -0.3 is 5.32 Å². The van der Waals surface area contributed by atoms with E-state index in [2.05, 4.69) is 21.3 Å². The molecular weight excluding hydrogens is 439 g/mol. The zero-order chi connectivity index (χ0) is 22.8. The third kappa shape index (κ3) is 4.64. The lowest BCUT2D eigenvalue weighted by molar-refractivity contribution is 0.181. The van der Waals surface area contributed by atoms with Crippen LogP contribution in [0, 0.1) is 5.82 Å². The summed E-state index contributed by atoms with van der Waals surface area (Å²) >= 11 is 6.17.